The molecule has 0 saturated heterocycles. The van der Waals surface area contributed by atoms with E-state index in [-0.39, 0.29) is 17.2 Å². The van der Waals surface area contributed by atoms with Crippen LogP contribution in [0.15, 0.2) is 59.5 Å². The van der Waals surface area contributed by atoms with Gasteiger partial charge in [0.2, 0.25) is 0 Å². The summed E-state index contributed by atoms with van der Waals surface area (Å²) in [7, 11) is 3.14. The van der Waals surface area contributed by atoms with Gasteiger partial charge in [-0.2, -0.15) is 5.10 Å². The third-order valence-corrected chi connectivity index (χ3v) is 4.86. The summed E-state index contributed by atoms with van der Waals surface area (Å²) in [6.07, 6.45) is 1.49. The van der Waals surface area contributed by atoms with Gasteiger partial charge in [-0.05, 0) is 41.8 Å². The fourth-order valence-electron chi connectivity index (χ4n) is 3.01. The number of rotatable bonds is 9. The van der Waals surface area contributed by atoms with Crippen molar-refractivity contribution < 1.29 is 14.3 Å². The number of amides is 1. The minimum atomic E-state index is -0.351. The van der Waals surface area contributed by atoms with E-state index in [2.05, 4.69) is 29.6 Å². The van der Waals surface area contributed by atoms with Gasteiger partial charge in [-0.25, -0.2) is 4.68 Å². The first kappa shape index (κ1) is 23.0. The van der Waals surface area contributed by atoms with Crippen molar-refractivity contribution in [2.75, 3.05) is 25.6 Å². The summed E-state index contributed by atoms with van der Waals surface area (Å²) in [4.78, 5) is 25.1. The van der Waals surface area contributed by atoms with E-state index in [9.17, 15) is 9.59 Å². The molecule has 0 fully saturated rings. The van der Waals surface area contributed by atoms with Crippen molar-refractivity contribution in [1.82, 2.24) is 15.1 Å². The van der Waals surface area contributed by atoms with E-state index < -0.39 is 0 Å². The van der Waals surface area contributed by atoms with Gasteiger partial charge < -0.3 is 20.1 Å². The average molecular weight is 437 g/mol. The smallest absolute Gasteiger partial charge is 0.294 e. The summed E-state index contributed by atoms with van der Waals surface area (Å²) in [5.41, 5.74) is 2.11. The predicted molar refractivity (Wildman–Crippen MR) is 124 cm³/mol. The van der Waals surface area contributed by atoms with Gasteiger partial charge in [0.1, 0.15) is 5.75 Å². The minimum absolute atomic E-state index is 0.227. The largest absolute Gasteiger partial charge is 0.453 e. The van der Waals surface area contributed by atoms with Gasteiger partial charge in [0.05, 0.1) is 12.8 Å². The molecule has 2 N–H and O–H groups in total. The maximum absolute atomic E-state index is 12.8. The van der Waals surface area contributed by atoms with Gasteiger partial charge in [-0.3, -0.25) is 9.59 Å². The summed E-state index contributed by atoms with van der Waals surface area (Å²) >= 11 is 0. The quantitative estimate of drug-likeness (QED) is 0.495. The van der Waals surface area contributed by atoms with Crippen molar-refractivity contribution in [3.8, 4) is 11.5 Å². The Balaban J connectivity index is 1.85. The Morgan fingerprint density at radius 3 is 2.59 bits per heavy atom. The van der Waals surface area contributed by atoms with Crippen LogP contribution >= 0.6 is 0 Å². The standard InChI is InChI=1S/C24H28N4O4/c1-16(2)17-8-10-20(11-9-17)32-21-15-26-28(3)24(30)22(21)27-19-7-5-6-18(14-19)23(29)25-12-13-31-4/h5-11,14-16,27H,12-13H2,1-4H3,(H,25,29). The number of carbonyl (C=O) groups excluding carboxylic acids is 1. The first-order valence-corrected chi connectivity index (χ1v) is 10.4. The van der Waals surface area contributed by atoms with E-state index in [0.29, 0.717) is 41.8 Å². The molecule has 0 aliphatic carbocycles. The SMILES string of the molecule is COCCNC(=O)c1cccc(Nc2c(Oc3ccc(C(C)C)cc3)cnn(C)c2=O)c1. The van der Waals surface area contributed by atoms with E-state index in [1.807, 2.05) is 24.3 Å². The van der Waals surface area contributed by atoms with Crippen LogP contribution in [-0.2, 0) is 11.8 Å². The number of ether oxygens (including phenoxy) is 2. The molecule has 0 radical (unpaired) electrons. The molecular formula is C24H28N4O4. The summed E-state index contributed by atoms with van der Waals surface area (Å²) in [6, 6.07) is 14.6. The summed E-state index contributed by atoms with van der Waals surface area (Å²) < 4.78 is 12.1. The molecule has 0 bridgehead atoms. The Morgan fingerprint density at radius 2 is 1.91 bits per heavy atom. The zero-order chi connectivity index (χ0) is 23.1. The zero-order valence-electron chi connectivity index (χ0n) is 18.7. The van der Waals surface area contributed by atoms with Crippen LogP contribution in [0.5, 0.6) is 11.5 Å². The van der Waals surface area contributed by atoms with Crippen molar-refractivity contribution in [1.29, 1.82) is 0 Å². The molecule has 0 atom stereocenters. The Morgan fingerprint density at radius 1 is 1.16 bits per heavy atom. The lowest BCUT2D eigenvalue weighted by Gasteiger charge is -2.14. The molecule has 0 unspecified atom stereocenters. The molecule has 1 heterocycles. The van der Waals surface area contributed by atoms with Crippen LogP contribution < -0.4 is 20.9 Å². The fraction of sp³-hybridized carbons (Fsp3) is 0.292. The highest BCUT2D eigenvalue weighted by Crippen LogP contribution is 2.29. The van der Waals surface area contributed by atoms with Gasteiger partial charge >= 0.3 is 0 Å². The highest BCUT2D eigenvalue weighted by atomic mass is 16.5. The fourth-order valence-corrected chi connectivity index (χ4v) is 3.01. The molecule has 3 aromatic rings. The molecule has 8 heteroatoms. The summed E-state index contributed by atoms with van der Waals surface area (Å²) in [5.74, 6) is 1.07. The van der Waals surface area contributed by atoms with Crippen molar-refractivity contribution in [3.63, 3.8) is 0 Å². The van der Waals surface area contributed by atoms with Crippen molar-refractivity contribution >= 4 is 17.3 Å². The predicted octanol–water partition coefficient (Wildman–Crippen LogP) is 3.82. The van der Waals surface area contributed by atoms with Crippen LogP contribution in [0, 0.1) is 0 Å². The number of hydrogen-bond acceptors (Lipinski definition) is 6. The van der Waals surface area contributed by atoms with Crippen LogP contribution in [0.4, 0.5) is 11.4 Å². The number of benzene rings is 2. The van der Waals surface area contributed by atoms with Crippen LogP contribution in [0.3, 0.4) is 0 Å². The molecular weight excluding hydrogens is 408 g/mol. The van der Waals surface area contributed by atoms with Gasteiger partial charge in [0, 0.05) is 32.0 Å². The van der Waals surface area contributed by atoms with E-state index in [0.717, 1.165) is 0 Å². The molecule has 1 aromatic heterocycles. The number of methoxy groups -OCH3 is 1. The van der Waals surface area contributed by atoms with Crippen molar-refractivity contribution in [2.45, 2.75) is 19.8 Å². The normalized spacial score (nSPS) is 10.8. The lowest BCUT2D eigenvalue weighted by molar-refractivity contribution is 0.0937. The number of aryl methyl sites for hydroxylation is 1. The number of nitrogens with zero attached hydrogens (tertiary/aromatic N) is 2. The summed E-state index contributed by atoms with van der Waals surface area (Å²) in [5, 5.41) is 9.94. The van der Waals surface area contributed by atoms with Crippen molar-refractivity contribution in [2.24, 2.45) is 7.05 Å². The Labute approximate surface area is 187 Å². The molecule has 32 heavy (non-hydrogen) atoms. The second-order valence-electron chi connectivity index (χ2n) is 7.59. The maximum Gasteiger partial charge on any atom is 0.294 e. The van der Waals surface area contributed by atoms with Crippen LogP contribution in [-0.4, -0.2) is 35.9 Å². The van der Waals surface area contributed by atoms with Gasteiger partial charge in [-0.15, -0.1) is 0 Å². The molecule has 168 valence electrons. The molecule has 0 aliphatic heterocycles. The molecule has 0 aliphatic rings. The van der Waals surface area contributed by atoms with Crippen LogP contribution in [0.25, 0.3) is 0 Å². The van der Waals surface area contributed by atoms with Gasteiger partial charge in [0.25, 0.3) is 11.5 Å². The average Bonchev–Trinajstić information content (AvgIpc) is 2.79. The first-order valence-electron chi connectivity index (χ1n) is 10.4. The van der Waals surface area contributed by atoms with Gasteiger partial charge in [0.15, 0.2) is 11.4 Å². The molecule has 0 saturated carbocycles. The summed E-state index contributed by atoms with van der Waals surface area (Å²) in [6.45, 7) is 5.07. The third-order valence-electron chi connectivity index (χ3n) is 4.86. The van der Waals surface area contributed by atoms with Crippen LogP contribution in [0.2, 0.25) is 0 Å². The Kier molecular flexibility index (Phi) is 7.62. The first-order chi connectivity index (χ1) is 15.4. The second-order valence-corrected chi connectivity index (χ2v) is 7.59. The molecule has 0 spiro atoms. The van der Waals surface area contributed by atoms with Crippen molar-refractivity contribution in [3.05, 3.63) is 76.2 Å². The van der Waals surface area contributed by atoms with Gasteiger partial charge in [-0.1, -0.05) is 32.0 Å². The molecule has 1 amide bonds. The highest BCUT2D eigenvalue weighted by molar-refractivity contribution is 5.95. The number of carbonyl (C=O) groups is 1. The Hall–Kier alpha value is -3.65. The molecule has 2 aromatic carbocycles. The number of aromatic nitrogens is 2. The molecule has 3 rings (SSSR count). The minimum Gasteiger partial charge on any atom is -0.453 e. The van der Waals surface area contributed by atoms with E-state index in [1.165, 1.54) is 16.4 Å². The number of nitrogens with one attached hydrogen (secondary N) is 2. The highest BCUT2D eigenvalue weighted by Gasteiger charge is 2.14. The Bertz CT molecular complexity index is 1120. The lowest BCUT2D eigenvalue weighted by atomic mass is 10.0. The van der Waals surface area contributed by atoms with E-state index in [1.54, 1.807) is 38.4 Å². The monoisotopic (exact) mass is 436 g/mol. The van der Waals surface area contributed by atoms with Crippen LogP contribution in [0.1, 0.15) is 35.7 Å². The topological polar surface area (TPSA) is 94.5 Å². The second kappa shape index (κ2) is 10.6. The third kappa shape index (κ3) is 5.73. The lowest BCUT2D eigenvalue weighted by Crippen LogP contribution is -2.27. The maximum atomic E-state index is 12.8. The zero-order valence-corrected chi connectivity index (χ0v) is 18.7. The number of hydrogen-bond donors (Lipinski definition) is 2. The van der Waals surface area contributed by atoms with E-state index >= 15 is 0 Å². The molecule has 8 nitrogen and oxygen atoms in total. The van der Waals surface area contributed by atoms with E-state index in [4.69, 9.17) is 9.47 Å². The number of anilines is 2.